The Morgan fingerprint density at radius 3 is 2.27 bits per heavy atom. The molecule has 8 heteroatoms. The average Bonchev–Trinajstić information content (AvgIpc) is 2.17. The van der Waals surface area contributed by atoms with Crippen molar-refractivity contribution in [3.8, 4) is 0 Å². The highest BCUT2D eigenvalue weighted by molar-refractivity contribution is 7.86. The normalized spacial score (nSPS) is 18.9. The lowest BCUT2D eigenvalue weighted by Gasteiger charge is -2.32. The summed E-state index contributed by atoms with van der Waals surface area (Å²) in [7, 11) is -3.61. The predicted octanol–water partition coefficient (Wildman–Crippen LogP) is -1.46. The maximum atomic E-state index is 11.4. The Bertz CT molecular complexity index is 321. The first-order valence-electron chi connectivity index (χ1n) is 4.75. The first-order valence-corrected chi connectivity index (χ1v) is 6.26. The number of hydrogen-bond donors (Lipinski definition) is 2. The molecule has 0 radical (unpaired) electrons. The zero-order valence-electron chi connectivity index (χ0n) is 8.64. The van der Waals surface area contributed by atoms with Crippen LogP contribution in [0.15, 0.2) is 0 Å². The lowest BCUT2D eigenvalue weighted by molar-refractivity contribution is 0.173. The second kappa shape index (κ2) is 4.77. The summed E-state index contributed by atoms with van der Waals surface area (Å²) in [6.45, 7) is 3.67. The standard InChI is InChI=1S/C7H16N4O3S/c1-2-9-7(12)10-3-5-11(6-4-10)15(8,13)14/h2-6H2,1H3,(H,9,12)(H2,8,13,14). The van der Waals surface area contributed by atoms with Gasteiger partial charge in [0.05, 0.1) is 0 Å². The highest BCUT2D eigenvalue weighted by Crippen LogP contribution is 2.04. The molecule has 1 heterocycles. The van der Waals surface area contributed by atoms with Crippen molar-refractivity contribution in [2.24, 2.45) is 5.14 Å². The number of piperazine rings is 1. The minimum absolute atomic E-state index is 0.161. The third-order valence-electron chi connectivity index (χ3n) is 2.21. The fraction of sp³-hybridized carbons (Fsp3) is 0.857. The Morgan fingerprint density at radius 1 is 1.33 bits per heavy atom. The summed E-state index contributed by atoms with van der Waals surface area (Å²) in [6, 6.07) is -0.161. The van der Waals surface area contributed by atoms with Crippen molar-refractivity contribution in [3.63, 3.8) is 0 Å². The molecule has 2 amide bonds. The maximum Gasteiger partial charge on any atom is 0.317 e. The molecule has 3 N–H and O–H groups in total. The van der Waals surface area contributed by atoms with E-state index in [1.54, 1.807) is 4.90 Å². The van der Waals surface area contributed by atoms with E-state index >= 15 is 0 Å². The van der Waals surface area contributed by atoms with E-state index in [2.05, 4.69) is 5.32 Å². The molecule has 0 spiro atoms. The van der Waals surface area contributed by atoms with Crippen LogP contribution in [0.25, 0.3) is 0 Å². The van der Waals surface area contributed by atoms with Crippen LogP contribution in [0.2, 0.25) is 0 Å². The fourth-order valence-corrected chi connectivity index (χ4v) is 2.08. The van der Waals surface area contributed by atoms with Crippen LogP contribution in [-0.2, 0) is 10.2 Å². The molecule has 15 heavy (non-hydrogen) atoms. The number of hydrogen-bond acceptors (Lipinski definition) is 3. The largest absolute Gasteiger partial charge is 0.338 e. The third-order valence-corrected chi connectivity index (χ3v) is 3.30. The number of nitrogens with one attached hydrogen (secondary N) is 1. The van der Waals surface area contributed by atoms with Gasteiger partial charge in [0.25, 0.3) is 10.2 Å². The van der Waals surface area contributed by atoms with E-state index in [1.807, 2.05) is 6.92 Å². The van der Waals surface area contributed by atoms with E-state index in [1.165, 1.54) is 4.31 Å². The molecule has 1 rings (SSSR count). The Morgan fingerprint density at radius 2 is 1.87 bits per heavy atom. The summed E-state index contributed by atoms with van der Waals surface area (Å²) in [5.41, 5.74) is 0. The monoisotopic (exact) mass is 236 g/mol. The molecule has 0 aromatic carbocycles. The quantitative estimate of drug-likeness (QED) is 0.613. The SMILES string of the molecule is CCNC(=O)N1CCN(S(N)(=O)=O)CC1. The topological polar surface area (TPSA) is 95.7 Å². The number of nitrogens with two attached hydrogens (primary N) is 1. The van der Waals surface area contributed by atoms with E-state index in [0.29, 0.717) is 19.6 Å². The van der Waals surface area contributed by atoms with Crippen LogP contribution in [-0.4, -0.2) is 56.4 Å². The smallest absolute Gasteiger partial charge is 0.317 e. The molecule has 0 aliphatic carbocycles. The van der Waals surface area contributed by atoms with E-state index in [0.717, 1.165) is 0 Å². The average molecular weight is 236 g/mol. The molecule has 1 fully saturated rings. The number of carbonyl (C=O) groups is 1. The zero-order chi connectivity index (χ0) is 11.5. The van der Waals surface area contributed by atoms with Crippen molar-refractivity contribution in [2.45, 2.75) is 6.92 Å². The highest BCUT2D eigenvalue weighted by atomic mass is 32.2. The Hall–Kier alpha value is -0.860. The molecule has 7 nitrogen and oxygen atoms in total. The maximum absolute atomic E-state index is 11.4. The Labute approximate surface area is 89.4 Å². The molecule has 1 saturated heterocycles. The molecule has 0 bridgehead atoms. The molecule has 1 aliphatic rings. The molecule has 0 atom stereocenters. The number of carbonyl (C=O) groups excluding carboxylic acids is 1. The molecule has 0 saturated carbocycles. The Kier molecular flexibility index (Phi) is 3.89. The number of urea groups is 1. The number of amides is 2. The first-order chi connectivity index (χ1) is 6.95. The van der Waals surface area contributed by atoms with Gasteiger partial charge in [0.1, 0.15) is 0 Å². The molecule has 0 unspecified atom stereocenters. The third kappa shape index (κ3) is 3.33. The number of nitrogens with zero attached hydrogens (tertiary/aromatic N) is 2. The number of rotatable bonds is 2. The van der Waals surface area contributed by atoms with Crippen LogP contribution in [0.3, 0.4) is 0 Å². The first kappa shape index (κ1) is 12.2. The minimum Gasteiger partial charge on any atom is -0.338 e. The lowest BCUT2D eigenvalue weighted by atomic mass is 10.4. The second-order valence-electron chi connectivity index (χ2n) is 3.27. The summed E-state index contributed by atoms with van der Waals surface area (Å²) in [5.74, 6) is 0. The summed E-state index contributed by atoms with van der Waals surface area (Å²) >= 11 is 0. The molecular formula is C7H16N4O3S. The van der Waals surface area contributed by atoms with Crippen LogP contribution in [0.4, 0.5) is 4.79 Å². The van der Waals surface area contributed by atoms with Crippen LogP contribution < -0.4 is 10.5 Å². The predicted molar refractivity (Wildman–Crippen MR) is 55.3 cm³/mol. The van der Waals surface area contributed by atoms with Gasteiger partial charge in [-0.3, -0.25) is 0 Å². The summed E-state index contributed by atoms with van der Waals surface area (Å²) in [6.07, 6.45) is 0. The zero-order valence-corrected chi connectivity index (χ0v) is 9.46. The van der Waals surface area contributed by atoms with Crippen LogP contribution in [0.1, 0.15) is 6.92 Å². The van der Waals surface area contributed by atoms with Gasteiger partial charge in [-0.1, -0.05) is 0 Å². The van der Waals surface area contributed by atoms with Crippen molar-refractivity contribution in [3.05, 3.63) is 0 Å². The van der Waals surface area contributed by atoms with E-state index < -0.39 is 10.2 Å². The van der Waals surface area contributed by atoms with E-state index in [9.17, 15) is 13.2 Å². The van der Waals surface area contributed by atoms with Gasteiger partial charge in [0.2, 0.25) is 0 Å². The van der Waals surface area contributed by atoms with E-state index in [-0.39, 0.29) is 19.1 Å². The van der Waals surface area contributed by atoms with Gasteiger partial charge in [0, 0.05) is 32.7 Å². The van der Waals surface area contributed by atoms with Crippen molar-refractivity contribution in [1.82, 2.24) is 14.5 Å². The Balaban J connectivity index is 2.46. The lowest BCUT2D eigenvalue weighted by Crippen LogP contribution is -2.54. The van der Waals surface area contributed by atoms with Crippen molar-refractivity contribution >= 4 is 16.2 Å². The van der Waals surface area contributed by atoms with Gasteiger partial charge in [-0.05, 0) is 6.92 Å². The van der Waals surface area contributed by atoms with Crippen LogP contribution in [0, 0.1) is 0 Å². The van der Waals surface area contributed by atoms with Gasteiger partial charge < -0.3 is 10.2 Å². The van der Waals surface area contributed by atoms with Crippen LogP contribution in [0.5, 0.6) is 0 Å². The van der Waals surface area contributed by atoms with Gasteiger partial charge in [0.15, 0.2) is 0 Å². The molecule has 0 aromatic rings. The summed E-state index contributed by atoms with van der Waals surface area (Å²) in [4.78, 5) is 12.9. The fourth-order valence-electron chi connectivity index (χ4n) is 1.41. The molecular weight excluding hydrogens is 220 g/mol. The minimum atomic E-state index is -3.61. The highest BCUT2D eigenvalue weighted by Gasteiger charge is 2.25. The van der Waals surface area contributed by atoms with Gasteiger partial charge in [-0.15, -0.1) is 0 Å². The summed E-state index contributed by atoms with van der Waals surface area (Å²) in [5, 5.41) is 7.63. The van der Waals surface area contributed by atoms with Crippen molar-refractivity contribution in [2.75, 3.05) is 32.7 Å². The second-order valence-corrected chi connectivity index (χ2v) is 4.81. The van der Waals surface area contributed by atoms with Gasteiger partial charge >= 0.3 is 6.03 Å². The molecule has 88 valence electrons. The molecule has 1 aliphatic heterocycles. The summed E-state index contributed by atoms with van der Waals surface area (Å²) < 4.78 is 23.1. The molecule has 0 aromatic heterocycles. The van der Waals surface area contributed by atoms with Crippen molar-refractivity contribution < 1.29 is 13.2 Å². The van der Waals surface area contributed by atoms with Gasteiger partial charge in [-0.25, -0.2) is 9.93 Å². The van der Waals surface area contributed by atoms with Crippen LogP contribution >= 0.6 is 0 Å². The van der Waals surface area contributed by atoms with Crippen molar-refractivity contribution in [1.29, 1.82) is 0 Å². The van der Waals surface area contributed by atoms with E-state index in [4.69, 9.17) is 5.14 Å². The van der Waals surface area contributed by atoms with Gasteiger partial charge in [-0.2, -0.15) is 12.7 Å².